The third-order valence-electron chi connectivity index (χ3n) is 2.68. The highest BCUT2D eigenvalue weighted by molar-refractivity contribution is 9.10. The van der Waals surface area contributed by atoms with Crippen molar-refractivity contribution in [3.63, 3.8) is 0 Å². The molecule has 0 saturated carbocycles. The standard InChI is InChI=1S/C14H14BrNO/c15-13-9-5-11-16(14(13)17)10-4-8-12-6-2-1-3-7-12/h1-3,5-7,9,11H,4,8,10H2. The van der Waals surface area contributed by atoms with Crippen molar-refractivity contribution >= 4 is 15.9 Å². The zero-order valence-electron chi connectivity index (χ0n) is 9.47. The minimum absolute atomic E-state index is 0.0422. The van der Waals surface area contributed by atoms with Crippen molar-refractivity contribution in [1.29, 1.82) is 0 Å². The molecular formula is C14H14BrNO. The predicted molar refractivity (Wildman–Crippen MR) is 73.2 cm³/mol. The van der Waals surface area contributed by atoms with Crippen molar-refractivity contribution in [1.82, 2.24) is 4.57 Å². The second kappa shape index (κ2) is 5.82. The Morgan fingerprint density at radius 3 is 2.59 bits per heavy atom. The van der Waals surface area contributed by atoms with E-state index in [0.717, 1.165) is 19.4 Å². The molecule has 0 atom stereocenters. The lowest BCUT2D eigenvalue weighted by molar-refractivity contribution is 0.620. The van der Waals surface area contributed by atoms with Crippen LogP contribution >= 0.6 is 15.9 Å². The maximum absolute atomic E-state index is 11.7. The first-order valence-electron chi connectivity index (χ1n) is 5.66. The van der Waals surface area contributed by atoms with E-state index in [1.807, 2.05) is 30.5 Å². The summed E-state index contributed by atoms with van der Waals surface area (Å²) in [4.78, 5) is 11.7. The quantitative estimate of drug-likeness (QED) is 0.848. The average Bonchev–Trinajstić information content (AvgIpc) is 2.36. The van der Waals surface area contributed by atoms with E-state index in [2.05, 4.69) is 28.1 Å². The zero-order chi connectivity index (χ0) is 12.1. The van der Waals surface area contributed by atoms with Crippen LogP contribution < -0.4 is 5.56 Å². The van der Waals surface area contributed by atoms with Gasteiger partial charge in [0.25, 0.3) is 5.56 Å². The normalized spacial score (nSPS) is 10.4. The lowest BCUT2D eigenvalue weighted by Crippen LogP contribution is -2.19. The highest BCUT2D eigenvalue weighted by Crippen LogP contribution is 2.05. The molecule has 0 unspecified atom stereocenters. The van der Waals surface area contributed by atoms with Crippen LogP contribution in [-0.2, 0) is 13.0 Å². The Labute approximate surface area is 109 Å². The first kappa shape index (κ1) is 12.1. The van der Waals surface area contributed by atoms with E-state index in [9.17, 15) is 4.79 Å². The van der Waals surface area contributed by atoms with Gasteiger partial charge >= 0.3 is 0 Å². The molecule has 0 fully saturated rings. The summed E-state index contributed by atoms with van der Waals surface area (Å²) in [6.45, 7) is 0.757. The minimum Gasteiger partial charge on any atom is -0.315 e. The summed E-state index contributed by atoms with van der Waals surface area (Å²) in [6.07, 6.45) is 3.80. The smallest absolute Gasteiger partial charge is 0.264 e. The molecule has 1 aromatic carbocycles. The van der Waals surface area contributed by atoms with Crippen LogP contribution in [0.2, 0.25) is 0 Å². The van der Waals surface area contributed by atoms with Crippen molar-refractivity contribution < 1.29 is 0 Å². The number of halogens is 1. The van der Waals surface area contributed by atoms with Crippen molar-refractivity contribution in [2.45, 2.75) is 19.4 Å². The molecule has 0 spiro atoms. The molecule has 2 rings (SSSR count). The molecule has 17 heavy (non-hydrogen) atoms. The fraction of sp³-hybridized carbons (Fsp3) is 0.214. The Morgan fingerprint density at radius 2 is 1.82 bits per heavy atom. The summed E-state index contributed by atoms with van der Waals surface area (Å²) in [5.74, 6) is 0. The maximum Gasteiger partial charge on any atom is 0.264 e. The number of aromatic nitrogens is 1. The second-order valence-electron chi connectivity index (χ2n) is 3.94. The van der Waals surface area contributed by atoms with E-state index in [-0.39, 0.29) is 5.56 Å². The lowest BCUT2D eigenvalue weighted by atomic mass is 10.1. The van der Waals surface area contributed by atoms with Crippen molar-refractivity contribution in [2.24, 2.45) is 0 Å². The van der Waals surface area contributed by atoms with Crippen LogP contribution in [-0.4, -0.2) is 4.57 Å². The molecule has 1 aromatic heterocycles. The van der Waals surface area contributed by atoms with Crippen LogP contribution in [0.5, 0.6) is 0 Å². The summed E-state index contributed by atoms with van der Waals surface area (Å²) >= 11 is 3.25. The van der Waals surface area contributed by atoms with E-state index in [0.29, 0.717) is 4.47 Å². The van der Waals surface area contributed by atoms with Gasteiger partial charge in [-0.3, -0.25) is 4.79 Å². The lowest BCUT2D eigenvalue weighted by Gasteiger charge is -2.05. The predicted octanol–water partition coefficient (Wildman–Crippen LogP) is 3.24. The van der Waals surface area contributed by atoms with E-state index in [4.69, 9.17) is 0 Å². The molecule has 88 valence electrons. The largest absolute Gasteiger partial charge is 0.315 e. The zero-order valence-corrected chi connectivity index (χ0v) is 11.1. The summed E-state index contributed by atoms with van der Waals surface area (Å²) in [5.41, 5.74) is 1.36. The van der Waals surface area contributed by atoms with Crippen LogP contribution in [0.3, 0.4) is 0 Å². The molecular weight excluding hydrogens is 278 g/mol. The molecule has 2 nitrogen and oxygen atoms in total. The van der Waals surface area contributed by atoms with Gasteiger partial charge in [0.15, 0.2) is 0 Å². The van der Waals surface area contributed by atoms with Gasteiger partial charge in [-0.1, -0.05) is 30.3 Å². The van der Waals surface area contributed by atoms with Gasteiger partial charge in [0.05, 0.1) is 4.47 Å². The fourth-order valence-corrected chi connectivity index (χ4v) is 2.16. The number of aryl methyl sites for hydroxylation is 2. The molecule has 0 aliphatic rings. The van der Waals surface area contributed by atoms with Gasteiger partial charge < -0.3 is 4.57 Å². The van der Waals surface area contributed by atoms with Crippen LogP contribution in [0.15, 0.2) is 57.9 Å². The SMILES string of the molecule is O=c1c(Br)cccn1CCCc1ccccc1. The highest BCUT2D eigenvalue weighted by atomic mass is 79.9. The van der Waals surface area contributed by atoms with Gasteiger partial charge in [0.1, 0.15) is 0 Å². The van der Waals surface area contributed by atoms with Crippen molar-refractivity contribution in [3.05, 3.63) is 69.1 Å². The first-order chi connectivity index (χ1) is 8.27. The number of benzene rings is 1. The average molecular weight is 292 g/mol. The molecule has 0 aliphatic carbocycles. The van der Waals surface area contributed by atoms with E-state index >= 15 is 0 Å². The molecule has 0 N–H and O–H groups in total. The molecule has 2 aromatic rings. The number of hydrogen-bond donors (Lipinski definition) is 0. The van der Waals surface area contributed by atoms with Crippen LogP contribution in [0.1, 0.15) is 12.0 Å². The number of hydrogen-bond acceptors (Lipinski definition) is 1. The highest BCUT2D eigenvalue weighted by Gasteiger charge is 1.99. The Morgan fingerprint density at radius 1 is 1.06 bits per heavy atom. The van der Waals surface area contributed by atoms with Crippen LogP contribution in [0.4, 0.5) is 0 Å². The second-order valence-corrected chi connectivity index (χ2v) is 4.80. The first-order valence-corrected chi connectivity index (χ1v) is 6.45. The van der Waals surface area contributed by atoms with Crippen LogP contribution in [0, 0.1) is 0 Å². The topological polar surface area (TPSA) is 22.0 Å². The molecule has 0 radical (unpaired) electrons. The molecule has 0 bridgehead atoms. The van der Waals surface area contributed by atoms with Crippen molar-refractivity contribution in [3.8, 4) is 0 Å². The van der Waals surface area contributed by atoms with Gasteiger partial charge in [0.2, 0.25) is 0 Å². The minimum atomic E-state index is 0.0422. The number of pyridine rings is 1. The molecule has 0 saturated heterocycles. The summed E-state index contributed by atoms with van der Waals surface area (Å²) in [5, 5.41) is 0. The van der Waals surface area contributed by atoms with Gasteiger partial charge in [-0.2, -0.15) is 0 Å². The molecule has 3 heteroatoms. The Bertz CT molecular complexity index is 533. The fourth-order valence-electron chi connectivity index (χ4n) is 1.78. The maximum atomic E-state index is 11.7. The third-order valence-corrected chi connectivity index (χ3v) is 3.28. The molecule has 0 amide bonds. The number of rotatable bonds is 4. The summed E-state index contributed by atoms with van der Waals surface area (Å²) in [6, 6.07) is 14.0. The van der Waals surface area contributed by atoms with E-state index in [1.54, 1.807) is 10.6 Å². The molecule has 0 aliphatic heterocycles. The Balaban J connectivity index is 1.95. The Hall–Kier alpha value is -1.35. The van der Waals surface area contributed by atoms with Crippen molar-refractivity contribution in [2.75, 3.05) is 0 Å². The van der Waals surface area contributed by atoms with Gasteiger partial charge in [-0.25, -0.2) is 0 Å². The van der Waals surface area contributed by atoms with E-state index < -0.39 is 0 Å². The van der Waals surface area contributed by atoms with Gasteiger partial charge in [-0.15, -0.1) is 0 Å². The summed E-state index contributed by atoms with van der Waals surface area (Å²) < 4.78 is 2.37. The molecule has 1 heterocycles. The van der Waals surface area contributed by atoms with E-state index in [1.165, 1.54) is 5.56 Å². The van der Waals surface area contributed by atoms with Gasteiger partial charge in [-0.05, 0) is 46.5 Å². The monoisotopic (exact) mass is 291 g/mol. The summed E-state index contributed by atoms with van der Waals surface area (Å²) in [7, 11) is 0. The van der Waals surface area contributed by atoms with Gasteiger partial charge in [0, 0.05) is 12.7 Å². The Kier molecular flexibility index (Phi) is 4.15. The van der Waals surface area contributed by atoms with Crippen LogP contribution in [0.25, 0.3) is 0 Å². The third kappa shape index (κ3) is 3.30. The number of nitrogens with zero attached hydrogens (tertiary/aromatic N) is 1.